The van der Waals surface area contributed by atoms with Crippen molar-refractivity contribution in [2.24, 2.45) is 0 Å². The van der Waals surface area contributed by atoms with Crippen molar-refractivity contribution in [2.75, 3.05) is 0 Å². The number of amides is 1. The van der Waals surface area contributed by atoms with Gasteiger partial charge in [-0.15, -0.1) is 0 Å². The molecule has 7 nitrogen and oxygen atoms in total. The fourth-order valence-electron chi connectivity index (χ4n) is 6.86. The Morgan fingerprint density at radius 2 is 1.65 bits per heavy atom. The zero-order valence-corrected chi connectivity index (χ0v) is 23.4. The lowest BCUT2D eigenvalue weighted by Gasteiger charge is -2.47. The highest BCUT2D eigenvalue weighted by molar-refractivity contribution is 5.99. The van der Waals surface area contributed by atoms with Crippen LogP contribution in [-0.4, -0.2) is 48.7 Å². The maximum Gasteiger partial charge on any atom is 0.416 e. The molecule has 12 heteroatoms. The van der Waals surface area contributed by atoms with Gasteiger partial charge in [-0.1, -0.05) is 6.07 Å². The number of alkyl halides is 3. The van der Waals surface area contributed by atoms with E-state index in [1.807, 2.05) is 0 Å². The Kier molecular flexibility index (Phi) is 6.70. The molecule has 1 spiro atoms. The maximum absolute atomic E-state index is 15.1. The number of nitrogens with zero attached hydrogens (tertiary/aromatic N) is 5. The molecule has 43 heavy (non-hydrogen) atoms. The van der Waals surface area contributed by atoms with Gasteiger partial charge in [0.05, 0.1) is 34.8 Å². The van der Waals surface area contributed by atoms with Crippen LogP contribution in [0, 0.1) is 18.6 Å². The highest BCUT2D eigenvalue weighted by Crippen LogP contribution is 2.49. The number of halogens is 5. The summed E-state index contributed by atoms with van der Waals surface area (Å²) in [6.45, 7) is 5.20. The topological polar surface area (TPSA) is 81.0 Å². The molecule has 1 fully saturated rings. The Morgan fingerprint density at radius 1 is 0.977 bits per heavy atom. The molecule has 1 saturated heterocycles. The zero-order valence-electron chi connectivity index (χ0n) is 23.4. The molecule has 6 rings (SSSR count). The number of likely N-dealkylation sites (tertiary alicyclic amines) is 1. The van der Waals surface area contributed by atoms with Crippen LogP contribution in [0.3, 0.4) is 0 Å². The van der Waals surface area contributed by atoms with E-state index in [4.69, 9.17) is 0 Å². The standard InChI is InChI=1S/C31H26F5N5O2/c1-16-13-30(24(42)12-19-4-9-23(32)26(33)25(19)30)14-17(2)40(16)29(43)27-18(3)28(20-10-11-37-38-15-20)41(39-27)22-7-5-21(6-8-22)31(34,35)36/h4-11,15-17H,12-14H2,1-3H3/t16-,17+,30?. The molecular formula is C31H26F5N5O2. The molecule has 1 aliphatic heterocycles. The molecule has 1 unspecified atom stereocenters. The van der Waals surface area contributed by atoms with E-state index in [0.717, 1.165) is 18.2 Å². The number of hydrogen-bond acceptors (Lipinski definition) is 5. The summed E-state index contributed by atoms with van der Waals surface area (Å²) in [5.74, 6) is -2.70. The Labute approximate surface area is 243 Å². The average molecular weight is 596 g/mol. The molecule has 0 radical (unpaired) electrons. The van der Waals surface area contributed by atoms with Gasteiger partial charge in [-0.3, -0.25) is 9.59 Å². The van der Waals surface area contributed by atoms with Gasteiger partial charge in [-0.25, -0.2) is 13.5 Å². The van der Waals surface area contributed by atoms with Gasteiger partial charge in [0.15, 0.2) is 17.3 Å². The van der Waals surface area contributed by atoms with Crippen molar-refractivity contribution < 1.29 is 31.5 Å². The van der Waals surface area contributed by atoms with Crippen LogP contribution in [0.5, 0.6) is 0 Å². The number of ketones is 1. The minimum absolute atomic E-state index is 0.000108. The molecule has 1 aliphatic carbocycles. The van der Waals surface area contributed by atoms with Crippen molar-refractivity contribution in [3.63, 3.8) is 0 Å². The lowest BCUT2D eigenvalue weighted by Crippen LogP contribution is -2.56. The summed E-state index contributed by atoms with van der Waals surface area (Å²) in [6.07, 6.45) is -1.39. The van der Waals surface area contributed by atoms with Crippen LogP contribution >= 0.6 is 0 Å². The fourth-order valence-corrected chi connectivity index (χ4v) is 6.86. The first-order valence-electron chi connectivity index (χ1n) is 13.7. The van der Waals surface area contributed by atoms with Crippen molar-refractivity contribution >= 4 is 11.7 Å². The van der Waals surface area contributed by atoms with Crippen LogP contribution in [0.2, 0.25) is 0 Å². The van der Waals surface area contributed by atoms with Gasteiger partial charge < -0.3 is 4.90 Å². The fraction of sp³-hybridized carbons (Fsp3) is 0.323. The number of benzene rings is 2. The molecule has 3 heterocycles. The van der Waals surface area contributed by atoms with Gasteiger partial charge in [0.2, 0.25) is 0 Å². The van der Waals surface area contributed by atoms with Crippen LogP contribution in [0.4, 0.5) is 22.0 Å². The summed E-state index contributed by atoms with van der Waals surface area (Å²) in [7, 11) is 0. The summed E-state index contributed by atoms with van der Waals surface area (Å²) in [4.78, 5) is 29.1. The summed E-state index contributed by atoms with van der Waals surface area (Å²) in [5.41, 5.74) is 0.291. The van der Waals surface area contributed by atoms with Gasteiger partial charge in [0.1, 0.15) is 5.78 Å². The first-order chi connectivity index (χ1) is 20.3. The van der Waals surface area contributed by atoms with E-state index in [1.165, 1.54) is 35.3 Å². The largest absolute Gasteiger partial charge is 0.416 e. The molecular weight excluding hydrogens is 569 g/mol. The first kappa shape index (κ1) is 28.6. The van der Waals surface area contributed by atoms with E-state index in [-0.39, 0.29) is 36.3 Å². The number of hydrogen-bond donors (Lipinski definition) is 0. The van der Waals surface area contributed by atoms with Crippen LogP contribution in [0.15, 0.2) is 54.9 Å². The van der Waals surface area contributed by atoms with Crippen molar-refractivity contribution in [1.29, 1.82) is 0 Å². The predicted molar refractivity (Wildman–Crippen MR) is 145 cm³/mol. The Morgan fingerprint density at radius 3 is 2.26 bits per heavy atom. The number of Topliss-reactive ketones (excluding diaryl/α,β-unsaturated/α-hetero) is 1. The Balaban J connectivity index is 1.40. The van der Waals surface area contributed by atoms with Gasteiger partial charge >= 0.3 is 6.18 Å². The molecule has 3 atom stereocenters. The highest BCUT2D eigenvalue weighted by Gasteiger charge is 2.54. The normalized spacial score (nSPS) is 21.9. The van der Waals surface area contributed by atoms with E-state index in [2.05, 4.69) is 15.3 Å². The number of carbonyl (C=O) groups is 2. The van der Waals surface area contributed by atoms with Gasteiger partial charge in [0, 0.05) is 35.2 Å². The van der Waals surface area contributed by atoms with E-state index in [9.17, 15) is 27.2 Å². The molecule has 0 bridgehead atoms. The highest BCUT2D eigenvalue weighted by atomic mass is 19.4. The molecule has 4 aromatic rings. The van der Waals surface area contributed by atoms with E-state index < -0.39 is 46.8 Å². The van der Waals surface area contributed by atoms with Crippen LogP contribution in [0.1, 0.15) is 59.4 Å². The van der Waals surface area contributed by atoms with Crippen LogP contribution in [-0.2, 0) is 22.8 Å². The minimum Gasteiger partial charge on any atom is -0.332 e. The van der Waals surface area contributed by atoms with Gasteiger partial charge in [-0.2, -0.15) is 28.5 Å². The Hall–Kier alpha value is -4.48. The van der Waals surface area contributed by atoms with E-state index in [1.54, 1.807) is 31.7 Å². The van der Waals surface area contributed by atoms with Crippen LogP contribution in [0.25, 0.3) is 16.9 Å². The third kappa shape index (κ3) is 4.50. The van der Waals surface area contributed by atoms with Crippen molar-refractivity contribution in [3.8, 4) is 16.9 Å². The third-order valence-corrected chi connectivity index (χ3v) is 8.64. The quantitative estimate of drug-likeness (QED) is 0.271. The summed E-state index contributed by atoms with van der Waals surface area (Å²) in [5, 5.41) is 12.3. The van der Waals surface area contributed by atoms with Crippen molar-refractivity contribution in [3.05, 3.63) is 94.4 Å². The van der Waals surface area contributed by atoms with E-state index in [0.29, 0.717) is 28.1 Å². The molecule has 1 amide bonds. The monoisotopic (exact) mass is 595 g/mol. The van der Waals surface area contributed by atoms with Crippen LogP contribution < -0.4 is 0 Å². The summed E-state index contributed by atoms with van der Waals surface area (Å²) >= 11 is 0. The number of rotatable bonds is 3. The van der Waals surface area contributed by atoms with Crippen molar-refractivity contribution in [2.45, 2.75) is 63.7 Å². The van der Waals surface area contributed by atoms with Gasteiger partial charge in [-0.05, 0) is 75.6 Å². The second-order valence-electron chi connectivity index (χ2n) is 11.3. The molecule has 0 saturated carbocycles. The third-order valence-electron chi connectivity index (χ3n) is 8.64. The molecule has 2 aliphatic rings. The first-order valence-corrected chi connectivity index (χ1v) is 13.7. The van der Waals surface area contributed by atoms with Crippen molar-refractivity contribution in [1.82, 2.24) is 24.9 Å². The lowest BCUT2D eigenvalue weighted by atomic mass is 9.68. The lowest BCUT2D eigenvalue weighted by molar-refractivity contribution is -0.137. The second kappa shape index (κ2) is 10.1. The van der Waals surface area contributed by atoms with E-state index >= 15 is 4.39 Å². The maximum atomic E-state index is 15.1. The summed E-state index contributed by atoms with van der Waals surface area (Å²) < 4.78 is 70.5. The zero-order chi connectivity index (χ0) is 30.8. The second-order valence-corrected chi connectivity index (χ2v) is 11.3. The number of aromatic nitrogens is 4. The molecule has 0 N–H and O–H groups in total. The Bertz CT molecular complexity index is 1740. The number of fused-ring (bicyclic) bond motifs is 2. The van der Waals surface area contributed by atoms with Gasteiger partial charge in [0.25, 0.3) is 5.91 Å². The average Bonchev–Trinajstić information content (AvgIpc) is 3.44. The minimum atomic E-state index is -4.52. The number of carbonyl (C=O) groups excluding carboxylic acids is 2. The molecule has 222 valence electrons. The summed E-state index contributed by atoms with van der Waals surface area (Å²) in [6, 6.07) is 7.45. The molecule has 2 aromatic carbocycles. The molecule has 2 aromatic heterocycles. The smallest absolute Gasteiger partial charge is 0.332 e. The number of piperidine rings is 1. The SMILES string of the molecule is Cc1c(C(=O)N2[C@H](C)CC3(C[C@@H]2C)C(=O)Cc2ccc(F)c(F)c23)nn(-c2ccc(C(F)(F)F)cc2)c1-c1ccnnc1. The predicted octanol–water partition coefficient (Wildman–Crippen LogP) is 6.01.